The monoisotopic (exact) mass is 354 g/mol. The summed E-state index contributed by atoms with van der Waals surface area (Å²) in [5.74, 6) is 1.48. The van der Waals surface area contributed by atoms with Gasteiger partial charge < -0.3 is 14.0 Å². The molecule has 1 atom stereocenters. The average Bonchev–Trinajstić information content (AvgIpc) is 3.36. The summed E-state index contributed by atoms with van der Waals surface area (Å²) in [6.07, 6.45) is 9.04. The van der Waals surface area contributed by atoms with Gasteiger partial charge in [-0.2, -0.15) is 5.10 Å². The highest BCUT2D eigenvalue weighted by atomic mass is 16.5. The lowest BCUT2D eigenvalue weighted by molar-refractivity contribution is 0.0658. The third-order valence-corrected chi connectivity index (χ3v) is 4.93. The van der Waals surface area contributed by atoms with Crippen LogP contribution in [0.2, 0.25) is 0 Å². The van der Waals surface area contributed by atoms with Crippen LogP contribution in [0.15, 0.2) is 35.4 Å². The number of carbonyl (C=O) groups is 1. The highest BCUT2D eigenvalue weighted by Crippen LogP contribution is 2.29. The number of aryl methyl sites for hydroxylation is 2. The summed E-state index contributed by atoms with van der Waals surface area (Å²) < 4.78 is 9.26. The number of hydrogen-bond acceptors (Lipinski definition) is 5. The maximum atomic E-state index is 13.4. The minimum atomic E-state index is -0.104. The third kappa shape index (κ3) is 2.81. The number of aromatic nitrogens is 5. The second-order valence-electron chi connectivity index (χ2n) is 6.52. The molecule has 3 aromatic heterocycles. The summed E-state index contributed by atoms with van der Waals surface area (Å²) >= 11 is 0. The van der Waals surface area contributed by atoms with E-state index in [0.29, 0.717) is 24.5 Å². The van der Waals surface area contributed by atoms with E-state index in [4.69, 9.17) is 4.52 Å². The van der Waals surface area contributed by atoms with E-state index in [2.05, 4.69) is 26.7 Å². The van der Waals surface area contributed by atoms with E-state index in [0.717, 1.165) is 30.8 Å². The Hall–Kier alpha value is -2.90. The first-order chi connectivity index (χ1) is 12.7. The van der Waals surface area contributed by atoms with Gasteiger partial charge in [0.15, 0.2) is 5.69 Å². The molecular weight excluding hydrogens is 332 g/mol. The molecule has 0 aromatic carbocycles. The van der Waals surface area contributed by atoms with Gasteiger partial charge in [0.25, 0.3) is 5.91 Å². The predicted molar refractivity (Wildman–Crippen MR) is 93.5 cm³/mol. The average molecular weight is 354 g/mol. The molecular formula is C18H22N6O2. The Kier molecular flexibility index (Phi) is 4.32. The van der Waals surface area contributed by atoms with Crippen LogP contribution >= 0.6 is 0 Å². The van der Waals surface area contributed by atoms with Crippen molar-refractivity contribution >= 4 is 5.91 Å². The Bertz CT molecular complexity index is 895. The summed E-state index contributed by atoms with van der Waals surface area (Å²) in [4.78, 5) is 19.7. The lowest BCUT2D eigenvalue weighted by Crippen LogP contribution is -2.36. The van der Waals surface area contributed by atoms with Crippen molar-refractivity contribution in [1.82, 2.24) is 29.4 Å². The van der Waals surface area contributed by atoms with Crippen LogP contribution in [-0.2, 0) is 13.1 Å². The zero-order valence-electron chi connectivity index (χ0n) is 15.0. The minimum Gasteiger partial charge on any atom is -0.361 e. The highest BCUT2D eigenvalue weighted by Gasteiger charge is 2.33. The SMILES string of the molecule is CCC1c2nccn2CCCN1C(=O)c1noc(C)c1Cn1cccn1. The molecule has 0 fully saturated rings. The molecule has 4 heterocycles. The molecule has 8 heteroatoms. The Morgan fingerprint density at radius 2 is 2.19 bits per heavy atom. The Morgan fingerprint density at radius 3 is 2.96 bits per heavy atom. The van der Waals surface area contributed by atoms with Crippen molar-refractivity contribution in [3.8, 4) is 0 Å². The highest BCUT2D eigenvalue weighted by molar-refractivity contribution is 5.94. The first-order valence-electron chi connectivity index (χ1n) is 8.93. The van der Waals surface area contributed by atoms with Gasteiger partial charge in [0.1, 0.15) is 11.6 Å². The van der Waals surface area contributed by atoms with Crippen molar-refractivity contribution < 1.29 is 9.32 Å². The molecule has 8 nitrogen and oxygen atoms in total. The number of rotatable bonds is 4. The van der Waals surface area contributed by atoms with E-state index in [-0.39, 0.29) is 11.9 Å². The maximum absolute atomic E-state index is 13.4. The standard InChI is InChI=1S/C18H22N6O2/c1-3-15-17-19-7-11-22(17)8-5-10-24(15)18(25)16-14(13(2)26-21-16)12-23-9-4-6-20-23/h4,6-7,9,11,15H,3,5,8,10,12H2,1-2H3. The smallest absolute Gasteiger partial charge is 0.277 e. The van der Waals surface area contributed by atoms with Crippen LogP contribution in [-0.4, -0.2) is 41.8 Å². The summed E-state index contributed by atoms with van der Waals surface area (Å²) in [7, 11) is 0. The molecule has 0 aliphatic carbocycles. The van der Waals surface area contributed by atoms with E-state index < -0.39 is 0 Å². The minimum absolute atomic E-state index is 0.0606. The number of hydrogen-bond donors (Lipinski definition) is 0. The van der Waals surface area contributed by atoms with E-state index in [1.54, 1.807) is 17.1 Å². The van der Waals surface area contributed by atoms with Crippen LogP contribution in [0.25, 0.3) is 0 Å². The summed E-state index contributed by atoms with van der Waals surface area (Å²) in [5.41, 5.74) is 1.15. The summed E-state index contributed by atoms with van der Waals surface area (Å²) in [5, 5.41) is 8.30. The van der Waals surface area contributed by atoms with Gasteiger partial charge in [-0.15, -0.1) is 0 Å². The quantitative estimate of drug-likeness (QED) is 0.719. The molecule has 0 radical (unpaired) electrons. The zero-order valence-corrected chi connectivity index (χ0v) is 15.0. The maximum Gasteiger partial charge on any atom is 0.277 e. The first-order valence-corrected chi connectivity index (χ1v) is 8.93. The fraction of sp³-hybridized carbons (Fsp3) is 0.444. The molecule has 136 valence electrons. The first kappa shape index (κ1) is 16.6. The van der Waals surface area contributed by atoms with Gasteiger partial charge in [0.05, 0.1) is 12.6 Å². The van der Waals surface area contributed by atoms with Crippen LogP contribution in [0.1, 0.15) is 53.4 Å². The molecule has 1 aliphatic heterocycles. The van der Waals surface area contributed by atoms with Gasteiger partial charge >= 0.3 is 0 Å². The lowest BCUT2D eigenvalue weighted by Gasteiger charge is -2.28. The van der Waals surface area contributed by atoms with Crippen molar-refractivity contribution in [1.29, 1.82) is 0 Å². The van der Waals surface area contributed by atoms with Gasteiger partial charge in [-0.25, -0.2) is 4.98 Å². The summed E-state index contributed by atoms with van der Waals surface area (Å²) in [6, 6.07) is 1.79. The van der Waals surface area contributed by atoms with E-state index in [1.807, 2.05) is 30.3 Å². The molecule has 0 saturated carbocycles. The molecule has 3 aromatic rings. The van der Waals surface area contributed by atoms with Crippen LogP contribution in [0, 0.1) is 6.92 Å². The van der Waals surface area contributed by atoms with Gasteiger partial charge in [-0.3, -0.25) is 9.48 Å². The number of carbonyl (C=O) groups excluding carboxylic acids is 1. The number of imidazole rings is 1. The largest absolute Gasteiger partial charge is 0.361 e. The number of nitrogens with zero attached hydrogens (tertiary/aromatic N) is 6. The van der Waals surface area contributed by atoms with Gasteiger partial charge in [0, 0.05) is 43.4 Å². The van der Waals surface area contributed by atoms with Crippen LogP contribution in [0.5, 0.6) is 0 Å². The fourth-order valence-corrected chi connectivity index (χ4v) is 3.60. The van der Waals surface area contributed by atoms with Crippen LogP contribution in [0.4, 0.5) is 0 Å². The predicted octanol–water partition coefficient (Wildman–Crippen LogP) is 2.42. The van der Waals surface area contributed by atoms with Gasteiger partial charge in [-0.05, 0) is 25.8 Å². The van der Waals surface area contributed by atoms with Crippen molar-refractivity contribution in [2.75, 3.05) is 6.54 Å². The molecule has 4 rings (SSSR count). The van der Waals surface area contributed by atoms with Gasteiger partial charge in [-0.1, -0.05) is 12.1 Å². The molecule has 26 heavy (non-hydrogen) atoms. The van der Waals surface area contributed by atoms with Crippen molar-refractivity contribution in [2.24, 2.45) is 0 Å². The normalized spacial score (nSPS) is 17.2. The molecule has 0 N–H and O–H groups in total. The third-order valence-electron chi connectivity index (χ3n) is 4.93. The second kappa shape index (κ2) is 6.78. The Balaban J connectivity index is 1.67. The van der Waals surface area contributed by atoms with E-state index in [1.165, 1.54) is 0 Å². The zero-order chi connectivity index (χ0) is 18.1. The molecule has 1 amide bonds. The van der Waals surface area contributed by atoms with Crippen molar-refractivity contribution in [2.45, 2.75) is 45.8 Å². The van der Waals surface area contributed by atoms with Crippen molar-refractivity contribution in [3.05, 3.63) is 53.7 Å². The molecule has 0 saturated heterocycles. The van der Waals surface area contributed by atoms with Crippen LogP contribution < -0.4 is 0 Å². The van der Waals surface area contributed by atoms with Crippen LogP contribution in [0.3, 0.4) is 0 Å². The lowest BCUT2D eigenvalue weighted by atomic mass is 10.1. The van der Waals surface area contributed by atoms with Crippen molar-refractivity contribution in [3.63, 3.8) is 0 Å². The fourth-order valence-electron chi connectivity index (χ4n) is 3.60. The number of amides is 1. The molecule has 0 spiro atoms. The Labute approximate surface area is 151 Å². The number of fused-ring (bicyclic) bond motifs is 1. The topological polar surface area (TPSA) is 82.0 Å². The van der Waals surface area contributed by atoms with E-state index in [9.17, 15) is 4.79 Å². The molecule has 1 unspecified atom stereocenters. The Morgan fingerprint density at radius 1 is 1.31 bits per heavy atom. The van der Waals surface area contributed by atoms with Gasteiger partial charge in [0.2, 0.25) is 0 Å². The summed E-state index contributed by atoms with van der Waals surface area (Å²) in [6.45, 7) is 5.91. The van der Waals surface area contributed by atoms with E-state index >= 15 is 0 Å². The second-order valence-corrected chi connectivity index (χ2v) is 6.52. The molecule has 1 aliphatic rings. The molecule has 0 bridgehead atoms.